The third kappa shape index (κ3) is 14.2. The lowest BCUT2D eigenvalue weighted by Crippen LogP contribution is -2.40. The Balaban J connectivity index is 3.23. The van der Waals surface area contributed by atoms with Gasteiger partial charge >= 0.3 is 24.2 Å². The van der Waals surface area contributed by atoms with Crippen LogP contribution in [0.3, 0.4) is 0 Å². The van der Waals surface area contributed by atoms with Gasteiger partial charge in [0.2, 0.25) is 0 Å². The zero-order valence-corrected chi connectivity index (χ0v) is 25.2. The zero-order chi connectivity index (χ0) is 30.9. The first-order valence-corrected chi connectivity index (χ1v) is 14.3. The third-order valence-electron chi connectivity index (χ3n) is 6.35. The lowest BCUT2D eigenvalue weighted by atomic mass is 9.82. The molecule has 0 heterocycles. The van der Waals surface area contributed by atoms with Gasteiger partial charge in [-0.05, 0) is 54.7 Å². The molecule has 0 aliphatic carbocycles. The number of ether oxygens (including phenoxy) is 5. The Hall–Kier alpha value is -3.34. The quantitative estimate of drug-likeness (QED) is 0.0896. The highest BCUT2D eigenvalue weighted by Gasteiger charge is 2.33. The lowest BCUT2D eigenvalue weighted by molar-refractivity contribution is -0.145. The third-order valence-corrected chi connectivity index (χ3v) is 6.35. The number of benzene rings is 1. The number of nitrogens with two attached hydrogens (primary N) is 1. The number of hydrogen-bond acceptors (Lipinski definition) is 10. The summed E-state index contributed by atoms with van der Waals surface area (Å²) in [5.41, 5.74) is 6.44. The Morgan fingerprint density at radius 3 is 1.90 bits per heavy atom. The molecule has 1 aromatic carbocycles. The molecule has 0 aromatic heterocycles. The van der Waals surface area contributed by atoms with Crippen LogP contribution in [0.25, 0.3) is 0 Å². The first kappa shape index (κ1) is 35.7. The molecule has 3 atom stereocenters. The van der Waals surface area contributed by atoms with E-state index in [0.29, 0.717) is 36.7 Å². The van der Waals surface area contributed by atoms with E-state index in [1.165, 1.54) is 18.2 Å². The molecule has 0 aliphatic rings. The second-order valence-corrected chi connectivity index (χ2v) is 11.0. The number of carboxylic acid groups (broad SMARTS) is 1. The summed E-state index contributed by atoms with van der Waals surface area (Å²) in [7, 11) is 0. The molecule has 0 saturated heterocycles. The molecule has 232 valence electrons. The van der Waals surface area contributed by atoms with E-state index >= 15 is 0 Å². The van der Waals surface area contributed by atoms with Gasteiger partial charge < -0.3 is 34.5 Å². The highest BCUT2D eigenvalue weighted by atomic mass is 16.7. The van der Waals surface area contributed by atoms with Gasteiger partial charge in [-0.2, -0.15) is 0 Å². The molecule has 0 radical (unpaired) electrons. The van der Waals surface area contributed by atoms with E-state index in [4.69, 9.17) is 29.4 Å². The number of carboxylic acids is 1. The predicted molar refractivity (Wildman–Crippen MR) is 152 cm³/mol. The standard InChI is InChI=1S/C30H47NO10/c1-7-8-9-10-25(32)39-18-21(6)26(27(31)28(33)34)22-11-12-23(40-29(35)37-15-13-19(2)3)24(17-22)41-30(36)38-16-14-20(4)5/h11-12,17,19-21,26-27H,7-10,13-16,18,31H2,1-6H3,(H,33,34)/t21?,26?,27-/m0/s1. The highest BCUT2D eigenvalue weighted by Crippen LogP contribution is 2.36. The van der Waals surface area contributed by atoms with Crippen LogP contribution in [-0.4, -0.2) is 55.2 Å². The molecule has 0 bridgehead atoms. The molecule has 11 nitrogen and oxygen atoms in total. The van der Waals surface area contributed by atoms with Crippen LogP contribution in [0.1, 0.15) is 91.5 Å². The predicted octanol–water partition coefficient (Wildman–Crippen LogP) is 6.06. The lowest BCUT2D eigenvalue weighted by Gasteiger charge is -2.28. The fourth-order valence-corrected chi connectivity index (χ4v) is 3.85. The summed E-state index contributed by atoms with van der Waals surface area (Å²) < 4.78 is 26.3. The summed E-state index contributed by atoms with van der Waals surface area (Å²) in [5.74, 6) is -2.69. The number of carbonyl (C=O) groups is 4. The van der Waals surface area contributed by atoms with Crippen LogP contribution in [0.2, 0.25) is 0 Å². The molecule has 0 aliphatic heterocycles. The topological polar surface area (TPSA) is 161 Å². The van der Waals surface area contributed by atoms with Crippen molar-refractivity contribution < 1.29 is 48.0 Å². The van der Waals surface area contributed by atoms with E-state index in [9.17, 15) is 24.3 Å². The number of aliphatic carboxylic acids is 1. The first-order chi connectivity index (χ1) is 19.3. The van der Waals surface area contributed by atoms with Crippen LogP contribution in [0.4, 0.5) is 9.59 Å². The fourth-order valence-electron chi connectivity index (χ4n) is 3.85. The van der Waals surface area contributed by atoms with Crippen molar-refractivity contribution >= 4 is 24.2 Å². The van der Waals surface area contributed by atoms with Gasteiger partial charge in [0.1, 0.15) is 6.04 Å². The zero-order valence-electron chi connectivity index (χ0n) is 25.2. The average Bonchev–Trinajstić information content (AvgIpc) is 2.88. The van der Waals surface area contributed by atoms with E-state index in [1.807, 2.05) is 34.6 Å². The minimum absolute atomic E-state index is 0.0650. The summed E-state index contributed by atoms with van der Waals surface area (Å²) in [4.78, 5) is 48.8. The maximum atomic E-state index is 12.4. The first-order valence-electron chi connectivity index (χ1n) is 14.3. The molecular formula is C30H47NO10. The molecule has 11 heteroatoms. The number of unbranched alkanes of at least 4 members (excludes halogenated alkanes) is 2. The van der Waals surface area contributed by atoms with Crippen LogP contribution in [0, 0.1) is 17.8 Å². The highest BCUT2D eigenvalue weighted by molar-refractivity contribution is 5.75. The van der Waals surface area contributed by atoms with E-state index in [-0.39, 0.29) is 43.7 Å². The Kier molecular flexibility index (Phi) is 16.5. The van der Waals surface area contributed by atoms with Crippen molar-refractivity contribution in [3.05, 3.63) is 23.8 Å². The van der Waals surface area contributed by atoms with E-state index in [2.05, 4.69) is 0 Å². The SMILES string of the molecule is CCCCCC(=O)OCC(C)C(c1ccc(OC(=O)OCCC(C)C)c(OC(=O)OCCC(C)C)c1)[C@H](N)C(=O)O. The van der Waals surface area contributed by atoms with Gasteiger partial charge in [0.25, 0.3) is 0 Å². The number of rotatable bonds is 18. The van der Waals surface area contributed by atoms with Crippen LogP contribution in [0.5, 0.6) is 11.5 Å². The van der Waals surface area contributed by atoms with E-state index in [1.54, 1.807) is 6.92 Å². The number of hydrogen-bond donors (Lipinski definition) is 2. The maximum Gasteiger partial charge on any atom is 0.513 e. The molecule has 0 saturated carbocycles. The molecule has 1 aromatic rings. The molecule has 41 heavy (non-hydrogen) atoms. The van der Waals surface area contributed by atoms with Gasteiger partial charge in [0, 0.05) is 12.3 Å². The van der Waals surface area contributed by atoms with Crippen molar-refractivity contribution in [2.75, 3.05) is 19.8 Å². The van der Waals surface area contributed by atoms with Crippen molar-refractivity contribution in [2.45, 2.75) is 92.0 Å². The van der Waals surface area contributed by atoms with Crippen LogP contribution >= 0.6 is 0 Å². The Bertz CT molecular complexity index is 978. The number of carbonyl (C=O) groups excluding carboxylic acids is 3. The van der Waals surface area contributed by atoms with Crippen LogP contribution in [-0.2, 0) is 23.8 Å². The Morgan fingerprint density at radius 2 is 1.39 bits per heavy atom. The monoisotopic (exact) mass is 581 g/mol. The van der Waals surface area contributed by atoms with Crippen LogP contribution in [0.15, 0.2) is 18.2 Å². The second kappa shape index (κ2) is 18.9. The summed E-state index contributed by atoms with van der Waals surface area (Å²) in [5, 5.41) is 9.71. The van der Waals surface area contributed by atoms with Gasteiger partial charge in [-0.15, -0.1) is 0 Å². The maximum absolute atomic E-state index is 12.4. The normalized spacial score (nSPS) is 13.3. The molecule has 1 rings (SSSR count). The van der Waals surface area contributed by atoms with E-state index < -0.39 is 36.2 Å². The summed E-state index contributed by atoms with van der Waals surface area (Å²) in [6, 6.07) is 2.87. The summed E-state index contributed by atoms with van der Waals surface area (Å²) in [6.45, 7) is 11.9. The summed E-state index contributed by atoms with van der Waals surface area (Å²) >= 11 is 0. The molecule has 3 N–H and O–H groups in total. The van der Waals surface area contributed by atoms with Gasteiger partial charge in [0.05, 0.1) is 19.8 Å². The van der Waals surface area contributed by atoms with E-state index in [0.717, 1.165) is 12.8 Å². The van der Waals surface area contributed by atoms with Crippen molar-refractivity contribution in [2.24, 2.45) is 23.5 Å². The molecule has 0 amide bonds. The molecule has 0 spiro atoms. The smallest absolute Gasteiger partial charge is 0.480 e. The Labute approximate surface area is 243 Å². The van der Waals surface area contributed by atoms with Crippen molar-refractivity contribution in [1.29, 1.82) is 0 Å². The minimum atomic E-state index is -1.37. The largest absolute Gasteiger partial charge is 0.513 e. The molecule has 0 fully saturated rings. The van der Waals surface area contributed by atoms with Crippen LogP contribution < -0.4 is 15.2 Å². The second-order valence-electron chi connectivity index (χ2n) is 11.0. The molecular weight excluding hydrogens is 534 g/mol. The minimum Gasteiger partial charge on any atom is -0.480 e. The number of esters is 1. The van der Waals surface area contributed by atoms with Gasteiger partial charge in [-0.25, -0.2) is 9.59 Å². The van der Waals surface area contributed by atoms with Gasteiger partial charge in [-0.1, -0.05) is 60.5 Å². The average molecular weight is 582 g/mol. The summed E-state index contributed by atoms with van der Waals surface area (Å²) in [6.07, 6.45) is 2.08. The van der Waals surface area contributed by atoms with Crippen molar-refractivity contribution in [1.82, 2.24) is 0 Å². The van der Waals surface area contributed by atoms with Crippen molar-refractivity contribution in [3.63, 3.8) is 0 Å². The van der Waals surface area contributed by atoms with Gasteiger partial charge in [0.15, 0.2) is 11.5 Å². The van der Waals surface area contributed by atoms with Gasteiger partial charge in [-0.3, -0.25) is 9.59 Å². The van der Waals surface area contributed by atoms with Crippen molar-refractivity contribution in [3.8, 4) is 11.5 Å². The molecule has 2 unspecified atom stereocenters. The fraction of sp³-hybridized carbons (Fsp3) is 0.667. The Morgan fingerprint density at radius 1 is 0.829 bits per heavy atom.